The fourth-order valence-corrected chi connectivity index (χ4v) is 3.63. The molecule has 1 aliphatic heterocycles. The maximum Gasteiger partial charge on any atom is 0.273 e. The van der Waals surface area contributed by atoms with Crippen molar-refractivity contribution in [2.45, 2.75) is 52.0 Å². The summed E-state index contributed by atoms with van der Waals surface area (Å²) in [6, 6.07) is 6.75. The van der Waals surface area contributed by atoms with Gasteiger partial charge in [0.25, 0.3) is 11.8 Å². The molecule has 0 aliphatic carbocycles. The zero-order chi connectivity index (χ0) is 22.6. The molecule has 0 spiro atoms. The lowest BCUT2D eigenvalue weighted by atomic mass is 9.96. The number of aromatic nitrogens is 2. The van der Waals surface area contributed by atoms with Gasteiger partial charge in [-0.2, -0.15) is 0 Å². The van der Waals surface area contributed by atoms with Crippen molar-refractivity contribution in [3.8, 4) is 0 Å². The first-order chi connectivity index (χ1) is 14.6. The molecule has 2 amide bonds. The minimum atomic E-state index is -2.95. The highest BCUT2D eigenvalue weighted by molar-refractivity contribution is 5.94. The van der Waals surface area contributed by atoms with Crippen molar-refractivity contribution in [2.24, 2.45) is 0 Å². The first-order valence-corrected chi connectivity index (χ1v) is 10.3. The van der Waals surface area contributed by atoms with Gasteiger partial charge < -0.3 is 15.5 Å². The third kappa shape index (κ3) is 5.96. The number of alkyl halides is 2. The maximum absolute atomic E-state index is 14.2. The number of amides is 2. The maximum atomic E-state index is 14.2. The number of carbonyl (C=O) groups is 2. The number of hydrogen-bond acceptors (Lipinski definition) is 5. The quantitative estimate of drug-likeness (QED) is 0.730. The number of pyridine rings is 2. The summed E-state index contributed by atoms with van der Waals surface area (Å²) in [5, 5.41) is 5.72. The van der Waals surface area contributed by atoms with Gasteiger partial charge in [-0.15, -0.1) is 0 Å². The third-order valence-electron chi connectivity index (χ3n) is 5.27. The van der Waals surface area contributed by atoms with Crippen molar-refractivity contribution >= 4 is 23.5 Å². The van der Waals surface area contributed by atoms with Crippen LogP contribution >= 0.6 is 0 Å². The van der Waals surface area contributed by atoms with E-state index in [1.165, 1.54) is 11.8 Å². The van der Waals surface area contributed by atoms with Gasteiger partial charge in [0.2, 0.25) is 5.91 Å². The minimum Gasteiger partial charge on any atom is -0.356 e. The molecule has 0 bridgehead atoms. The fourth-order valence-electron chi connectivity index (χ4n) is 3.63. The second kappa shape index (κ2) is 9.36. The van der Waals surface area contributed by atoms with Gasteiger partial charge in [-0.25, -0.2) is 18.7 Å². The second-order valence-corrected chi connectivity index (χ2v) is 7.96. The second-order valence-electron chi connectivity index (χ2n) is 7.96. The Balaban J connectivity index is 1.83. The predicted molar refractivity (Wildman–Crippen MR) is 114 cm³/mol. The summed E-state index contributed by atoms with van der Waals surface area (Å²) in [4.78, 5) is 34.2. The van der Waals surface area contributed by atoms with Crippen molar-refractivity contribution in [2.75, 3.05) is 18.4 Å². The van der Waals surface area contributed by atoms with Crippen LogP contribution in [0.15, 0.2) is 30.5 Å². The Morgan fingerprint density at radius 1 is 1.23 bits per heavy atom. The standard InChI is InChI=1S/C22H27F2N5O2/c1-14-7-10-26-19(12-14)27-18-5-4-15(2)20(28-18)21(31)29-13-22(23,24)9-6-17(29)8-11-25-16(3)30/h4-5,7,10,12,17H,6,8-9,11,13H2,1-3H3,(H,25,30)(H,26,27,28)/t17-/m1/s1. The first-order valence-electron chi connectivity index (χ1n) is 10.3. The number of aryl methyl sites for hydroxylation is 2. The van der Waals surface area contributed by atoms with Gasteiger partial charge in [0.15, 0.2) is 0 Å². The average Bonchev–Trinajstić information content (AvgIpc) is 2.69. The van der Waals surface area contributed by atoms with Crippen LogP contribution in [0.5, 0.6) is 0 Å². The lowest BCUT2D eigenvalue weighted by molar-refractivity contribution is -0.119. The molecule has 1 aliphatic rings. The summed E-state index contributed by atoms with van der Waals surface area (Å²) in [5.41, 5.74) is 1.74. The molecule has 0 aromatic carbocycles. The molecule has 2 aromatic heterocycles. The molecule has 7 nitrogen and oxygen atoms in total. The highest BCUT2D eigenvalue weighted by Gasteiger charge is 2.42. The summed E-state index contributed by atoms with van der Waals surface area (Å²) in [6.07, 6.45) is 1.95. The molecule has 0 unspecified atom stereocenters. The highest BCUT2D eigenvalue weighted by atomic mass is 19.3. The van der Waals surface area contributed by atoms with E-state index in [-0.39, 0.29) is 24.4 Å². The number of rotatable bonds is 6. The Labute approximate surface area is 180 Å². The fraction of sp³-hybridized carbons (Fsp3) is 0.455. The zero-order valence-corrected chi connectivity index (χ0v) is 17.9. The van der Waals surface area contributed by atoms with Crippen LogP contribution in [0.25, 0.3) is 0 Å². The van der Waals surface area contributed by atoms with Gasteiger partial charge in [-0.05, 0) is 56.0 Å². The Morgan fingerprint density at radius 3 is 2.71 bits per heavy atom. The van der Waals surface area contributed by atoms with Gasteiger partial charge >= 0.3 is 0 Å². The number of nitrogens with zero attached hydrogens (tertiary/aromatic N) is 3. The minimum absolute atomic E-state index is 0.125. The normalized spacial score (nSPS) is 17.8. The van der Waals surface area contributed by atoms with Crippen LogP contribution in [0.4, 0.5) is 20.4 Å². The molecule has 0 saturated carbocycles. The van der Waals surface area contributed by atoms with Gasteiger partial charge in [-0.3, -0.25) is 9.59 Å². The SMILES string of the molecule is CC(=O)NCC[C@H]1CCC(F)(F)CN1C(=O)c1nc(Nc2cc(C)ccn2)ccc1C. The van der Waals surface area contributed by atoms with Crippen molar-refractivity contribution in [3.63, 3.8) is 0 Å². The molecule has 0 radical (unpaired) electrons. The van der Waals surface area contributed by atoms with Crippen LogP contribution in [-0.2, 0) is 4.79 Å². The van der Waals surface area contributed by atoms with Crippen LogP contribution in [0.3, 0.4) is 0 Å². The van der Waals surface area contributed by atoms with E-state index in [1.54, 1.807) is 25.3 Å². The van der Waals surface area contributed by atoms with E-state index in [0.717, 1.165) is 5.56 Å². The molecule has 9 heteroatoms. The van der Waals surface area contributed by atoms with E-state index in [2.05, 4.69) is 20.6 Å². The van der Waals surface area contributed by atoms with Crippen molar-refractivity contribution in [1.82, 2.24) is 20.2 Å². The van der Waals surface area contributed by atoms with Gasteiger partial charge in [0, 0.05) is 32.1 Å². The molecule has 3 heterocycles. The monoisotopic (exact) mass is 431 g/mol. The molecule has 31 heavy (non-hydrogen) atoms. The van der Waals surface area contributed by atoms with Gasteiger partial charge in [0.05, 0.1) is 6.54 Å². The molecule has 1 atom stereocenters. The molecule has 2 N–H and O–H groups in total. The predicted octanol–water partition coefficient (Wildman–Crippen LogP) is 3.60. The van der Waals surface area contributed by atoms with Crippen LogP contribution < -0.4 is 10.6 Å². The zero-order valence-electron chi connectivity index (χ0n) is 17.9. The molecule has 3 rings (SSSR count). The lowest BCUT2D eigenvalue weighted by Crippen LogP contribution is -2.52. The molecule has 166 valence electrons. The first kappa shape index (κ1) is 22.6. The topological polar surface area (TPSA) is 87.2 Å². The Hall–Kier alpha value is -3.10. The van der Waals surface area contributed by atoms with E-state index < -0.39 is 24.4 Å². The number of anilines is 2. The van der Waals surface area contributed by atoms with Gasteiger partial charge in [-0.1, -0.05) is 6.07 Å². The summed E-state index contributed by atoms with van der Waals surface area (Å²) in [5.74, 6) is -2.70. The number of likely N-dealkylation sites (tertiary alicyclic amines) is 1. The summed E-state index contributed by atoms with van der Waals surface area (Å²) < 4.78 is 28.3. The van der Waals surface area contributed by atoms with E-state index in [9.17, 15) is 18.4 Å². The number of nitrogens with one attached hydrogen (secondary N) is 2. The van der Waals surface area contributed by atoms with Gasteiger partial charge in [0.1, 0.15) is 17.3 Å². The molecule has 1 fully saturated rings. The number of carbonyl (C=O) groups excluding carboxylic acids is 2. The highest BCUT2D eigenvalue weighted by Crippen LogP contribution is 2.32. The van der Waals surface area contributed by atoms with E-state index in [4.69, 9.17) is 0 Å². The summed E-state index contributed by atoms with van der Waals surface area (Å²) in [6.45, 7) is 4.72. The number of halogens is 2. The van der Waals surface area contributed by atoms with Crippen molar-refractivity contribution < 1.29 is 18.4 Å². The smallest absolute Gasteiger partial charge is 0.273 e. The Bertz CT molecular complexity index is 967. The summed E-state index contributed by atoms with van der Waals surface area (Å²) in [7, 11) is 0. The average molecular weight is 431 g/mol. The largest absolute Gasteiger partial charge is 0.356 e. The molecular weight excluding hydrogens is 404 g/mol. The van der Waals surface area contributed by atoms with E-state index >= 15 is 0 Å². The van der Waals surface area contributed by atoms with Crippen LogP contribution in [0, 0.1) is 13.8 Å². The van der Waals surface area contributed by atoms with Crippen molar-refractivity contribution in [1.29, 1.82) is 0 Å². The molecular formula is C22H27F2N5O2. The van der Waals surface area contributed by atoms with Crippen LogP contribution in [-0.4, -0.2) is 51.7 Å². The van der Waals surface area contributed by atoms with Crippen molar-refractivity contribution in [3.05, 3.63) is 47.3 Å². The Morgan fingerprint density at radius 2 is 2.00 bits per heavy atom. The Kier molecular flexibility index (Phi) is 6.82. The van der Waals surface area contributed by atoms with Crippen LogP contribution in [0.2, 0.25) is 0 Å². The number of piperidine rings is 1. The summed E-state index contributed by atoms with van der Waals surface area (Å²) >= 11 is 0. The lowest BCUT2D eigenvalue weighted by Gasteiger charge is -2.39. The number of hydrogen-bond donors (Lipinski definition) is 2. The van der Waals surface area contributed by atoms with E-state index in [1.807, 2.05) is 19.1 Å². The molecule has 1 saturated heterocycles. The van der Waals surface area contributed by atoms with Crippen LogP contribution in [0.1, 0.15) is 47.8 Å². The van der Waals surface area contributed by atoms with E-state index in [0.29, 0.717) is 30.2 Å². The molecule has 2 aromatic rings. The third-order valence-corrected chi connectivity index (χ3v) is 5.27.